The molecule has 1 atom stereocenters. The Hall–Kier alpha value is -1.20. The summed E-state index contributed by atoms with van der Waals surface area (Å²) < 4.78 is 5.96. The highest BCUT2D eigenvalue weighted by atomic mass is 32.1. The van der Waals surface area contributed by atoms with Gasteiger partial charge < -0.3 is 15.0 Å². The molecule has 1 aliphatic rings. The van der Waals surface area contributed by atoms with Crippen LogP contribution in [0, 0.1) is 4.64 Å². The van der Waals surface area contributed by atoms with E-state index >= 15 is 0 Å². The molecule has 0 spiro atoms. The number of hydrogen-bond donors (Lipinski definition) is 2. The molecule has 1 fully saturated rings. The zero-order valence-electron chi connectivity index (χ0n) is 9.57. The molecule has 2 rings (SSSR count). The number of nitrogens with one attached hydrogen (secondary N) is 2. The smallest absolute Gasteiger partial charge is 0.254 e. The Morgan fingerprint density at radius 2 is 2.53 bits per heavy atom. The van der Waals surface area contributed by atoms with Gasteiger partial charge in [0.25, 0.3) is 5.91 Å². The first kappa shape index (κ1) is 12.3. The van der Waals surface area contributed by atoms with Crippen LogP contribution in [0.15, 0.2) is 18.3 Å². The summed E-state index contributed by atoms with van der Waals surface area (Å²) in [6.45, 7) is 1.48. The molecule has 5 heteroatoms. The van der Waals surface area contributed by atoms with E-state index in [-0.39, 0.29) is 5.91 Å². The van der Waals surface area contributed by atoms with Crippen molar-refractivity contribution in [3.8, 4) is 0 Å². The number of rotatable bonds is 4. The highest BCUT2D eigenvalue weighted by Crippen LogP contribution is 2.14. The van der Waals surface area contributed by atoms with E-state index in [4.69, 9.17) is 17.0 Å². The number of ether oxygens (including phenoxy) is 1. The number of hydrogen-bond acceptors (Lipinski definition) is 3. The van der Waals surface area contributed by atoms with E-state index in [0.29, 0.717) is 22.9 Å². The van der Waals surface area contributed by atoms with Crippen LogP contribution >= 0.6 is 12.2 Å². The second-order valence-corrected chi connectivity index (χ2v) is 4.50. The molecule has 4 nitrogen and oxygen atoms in total. The number of carbonyl (C=O) groups excluding carboxylic acids is 1. The Morgan fingerprint density at radius 1 is 1.65 bits per heavy atom. The van der Waals surface area contributed by atoms with Crippen LogP contribution in [0.3, 0.4) is 0 Å². The minimum atomic E-state index is -0.121. The maximum atomic E-state index is 11.8. The summed E-state index contributed by atoms with van der Waals surface area (Å²) in [7, 11) is 0. The van der Waals surface area contributed by atoms with Gasteiger partial charge in [0.15, 0.2) is 0 Å². The van der Waals surface area contributed by atoms with Crippen molar-refractivity contribution in [1.82, 2.24) is 10.3 Å². The molecule has 17 heavy (non-hydrogen) atoms. The lowest BCUT2D eigenvalue weighted by Gasteiger charge is -2.09. The van der Waals surface area contributed by atoms with Crippen molar-refractivity contribution in [3.05, 3.63) is 28.5 Å². The summed E-state index contributed by atoms with van der Waals surface area (Å²) in [6, 6.07) is 3.49. The molecule has 1 aliphatic heterocycles. The average molecular weight is 252 g/mol. The zero-order chi connectivity index (χ0) is 12.1. The van der Waals surface area contributed by atoms with Crippen LogP contribution in [0.25, 0.3) is 0 Å². The second-order valence-electron chi connectivity index (χ2n) is 4.09. The lowest BCUT2D eigenvalue weighted by atomic mass is 10.2. The van der Waals surface area contributed by atoms with E-state index in [1.807, 2.05) is 0 Å². The molecule has 2 N–H and O–H groups in total. The normalized spacial score (nSPS) is 19.2. The van der Waals surface area contributed by atoms with Gasteiger partial charge in [-0.25, -0.2) is 0 Å². The van der Waals surface area contributed by atoms with Gasteiger partial charge in [0.1, 0.15) is 4.64 Å². The topological polar surface area (TPSA) is 54.1 Å². The summed E-state index contributed by atoms with van der Waals surface area (Å²) >= 11 is 5.04. The van der Waals surface area contributed by atoms with Crippen molar-refractivity contribution in [2.24, 2.45) is 0 Å². The lowest BCUT2D eigenvalue weighted by Crippen LogP contribution is -2.27. The SMILES string of the molecule is O=C(NCC[C@@H]1CCCO1)c1ccc[nH]c1=S. The fourth-order valence-corrected chi connectivity index (χ4v) is 2.14. The van der Waals surface area contributed by atoms with Crippen molar-refractivity contribution >= 4 is 18.1 Å². The van der Waals surface area contributed by atoms with Crippen molar-refractivity contribution in [1.29, 1.82) is 0 Å². The Balaban J connectivity index is 1.81. The maximum absolute atomic E-state index is 11.8. The largest absolute Gasteiger partial charge is 0.378 e. The molecule has 0 saturated carbocycles. The lowest BCUT2D eigenvalue weighted by molar-refractivity contribution is 0.0906. The quantitative estimate of drug-likeness (QED) is 0.806. The summed E-state index contributed by atoms with van der Waals surface area (Å²) in [4.78, 5) is 14.6. The number of aromatic amines is 1. The van der Waals surface area contributed by atoms with Gasteiger partial charge in [-0.2, -0.15) is 0 Å². The van der Waals surface area contributed by atoms with Crippen LogP contribution in [0.5, 0.6) is 0 Å². The molecule has 92 valence electrons. The summed E-state index contributed by atoms with van der Waals surface area (Å²) in [5.74, 6) is -0.121. The second kappa shape index (κ2) is 5.93. The average Bonchev–Trinajstić information content (AvgIpc) is 2.82. The minimum absolute atomic E-state index is 0.121. The molecule has 0 unspecified atom stereocenters. The molecule has 1 aromatic heterocycles. The maximum Gasteiger partial charge on any atom is 0.254 e. The number of H-pyrrole nitrogens is 1. The molecular formula is C12H16N2O2S. The van der Waals surface area contributed by atoms with Gasteiger partial charge in [-0.15, -0.1) is 0 Å². The van der Waals surface area contributed by atoms with Crippen LogP contribution in [0.4, 0.5) is 0 Å². The van der Waals surface area contributed by atoms with E-state index in [1.165, 1.54) is 0 Å². The van der Waals surface area contributed by atoms with Crippen molar-refractivity contribution in [3.63, 3.8) is 0 Å². The van der Waals surface area contributed by atoms with Crippen molar-refractivity contribution < 1.29 is 9.53 Å². The molecule has 0 aromatic carbocycles. The molecule has 1 saturated heterocycles. The molecule has 1 aromatic rings. The summed E-state index contributed by atoms with van der Waals surface area (Å²) in [6.07, 6.45) is 5.12. The van der Waals surface area contributed by atoms with Crippen LogP contribution < -0.4 is 5.32 Å². The van der Waals surface area contributed by atoms with Gasteiger partial charge in [0.2, 0.25) is 0 Å². The van der Waals surface area contributed by atoms with E-state index in [9.17, 15) is 4.79 Å². The van der Waals surface area contributed by atoms with Crippen LogP contribution in [0.2, 0.25) is 0 Å². The van der Waals surface area contributed by atoms with Gasteiger partial charge in [-0.1, -0.05) is 12.2 Å². The first-order valence-corrected chi connectivity index (χ1v) is 6.25. The minimum Gasteiger partial charge on any atom is -0.378 e. The monoisotopic (exact) mass is 252 g/mol. The Morgan fingerprint density at radius 3 is 3.24 bits per heavy atom. The third-order valence-corrected chi connectivity index (χ3v) is 3.18. The van der Waals surface area contributed by atoms with E-state index < -0.39 is 0 Å². The molecule has 0 bridgehead atoms. The van der Waals surface area contributed by atoms with Gasteiger partial charge in [-0.3, -0.25) is 4.79 Å². The third kappa shape index (κ3) is 3.38. The Labute approximate surface area is 105 Å². The van der Waals surface area contributed by atoms with Crippen molar-refractivity contribution in [2.45, 2.75) is 25.4 Å². The Bertz CT molecular complexity index is 438. The molecule has 1 amide bonds. The zero-order valence-corrected chi connectivity index (χ0v) is 10.4. The highest BCUT2D eigenvalue weighted by molar-refractivity contribution is 7.71. The van der Waals surface area contributed by atoms with E-state index in [2.05, 4.69) is 10.3 Å². The summed E-state index contributed by atoms with van der Waals surface area (Å²) in [5, 5.41) is 2.86. The van der Waals surface area contributed by atoms with Crippen LogP contribution in [-0.2, 0) is 4.74 Å². The number of aromatic nitrogens is 1. The van der Waals surface area contributed by atoms with Crippen molar-refractivity contribution in [2.75, 3.05) is 13.2 Å². The van der Waals surface area contributed by atoms with E-state index in [1.54, 1.807) is 18.3 Å². The summed E-state index contributed by atoms with van der Waals surface area (Å²) in [5.41, 5.74) is 0.523. The highest BCUT2D eigenvalue weighted by Gasteiger charge is 2.15. The Kier molecular flexibility index (Phi) is 4.28. The van der Waals surface area contributed by atoms with Gasteiger partial charge >= 0.3 is 0 Å². The van der Waals surface area contributed by atoms with Gasteiger partial charge in [-0.05, 0) is 31.4 Å². The van der Waals surface area contributed by atoms with E-state index in [0.717, 1.165) is 25.9 Å². The first-order valence-electron chi connectivity index (χ1n) is 5.85. The molecule has 2 heterocycles. The van der Waals surface area contributed by atoms with Crippen LogP contribution in [-0.4, -0.2) is 30.1 Å². The van der Waals surface area contributed by atoms with Crippen LogP contribution in [0.1, 0.15) is 29.6 Å². The predicted octanol–water partition coefficient (Wildman–Crippen LogP) is 2.04. The predicted molar refractivity (Wildman–Crippen MR) is 67.6 cm³/mol. The number of pyridine rings is 1. The fraction of sp³-hybridized carbons (Fsp3) is 0.500. The standard InChI is InChI=1S/C12H16N2O2S/c15-11(10-4-1-6-14-12(10)17)13-7-5-9-3-2-8-16-9/h1,4,6,9H,2-3,5,7-8H2,(H,13,15)(H,14,17)/t9-/m0/s1. The third-order valence-electron chi connectivity index (χ3n) is 2.84. The molecule has 0 radical (unpaired) electrons. The number of carbonyl (C=O) groups is 1. The molecule has 0 aliphatic carbocycles. The van der Waals surface area contributed by atoms with Gasteiger partial charge in [0, 0.05) is 19.3 Å². The fourth-order valence-electron chi connectivity index (χ4n) is 1.91. The van der Waals surface area contributed by atoms with Gasteiger partial charge in [0.05, 0.1) is 11.7 Å². The number of amides is 1. The first-order chi connectivity index (χ1) is 8.27. The molecular weight excluding hydrogens is 236 g/mol.